The average Bonchev–Trinajstić information content (AvgIpc) is 2.91. The summed E-state index contributed by atoms with van der Waals surface area (Å²) >= 11 is 0. The van der Waals surface area contributed by atoms with Crippen molar-refractivity contribution in [3.63, 3.8) is 0 Å². The second kappa shape index (κ2) is 12.4. The summed E-state index contributed by atoms with van der Waals surface area (Å²) in [5, 5.41) is 14.6. The maximum Gasteiger partial charge on any atom is 0.417 e. The minimum atomic E-state index is -4.53. The molecule has 37 heavy (non-hydrogen) atoms. The Balaban J connectivity index is 1.92. The fourth-order valence-corrected chi connectivity index (χ4v) is 5.00. The Morgan fingerprint density at radius 2 is 1.81 bits per heavy atom. The largest absolute Gasteiger partial charge is 0.417 e. The van der Waals surface area contributed by atoms with Gasteiger partial charge in [-0.25, -0.2) is 0 Å². The molecule has 9 heteroatoms. The lowest BCUT2D eigenvalue weighted by molar-refractivity contribution is -0.137. The summed E-state index contributed by atoms with van der Waals surface area (Å²) in [7, 11) is 1.66. The number of hydrogen-bond acceptors (Lipinski definition) is 5. The molecule has 1 aromatic heterocycles. The Kier molecular flexibility index (Phi) is 9.59. The average molecular weight is 517 g/mol. The fraction of sp³-hybridized carbons (Fsp3) is 0.500. The van der Waals surface area contributed by atoms with E-state index in [9.17, 15) is 22.8 Å². The Hall–Kier alpha value is -3.07. The number of carbonyl (C=O) groups excluding carboxylic acids is 2. The maximum atomic E-state index is 13.7. The molecular weight excluding hydrogens is 481 g/mol. The Bertz CT molecular complexity index is 1110. The molecule has 1 amide bonds. The second-order valence-electron chi connectivity index (χ2n) is 9.68. The molecule has 3 atom stereocenters. The van der Waals surface area contributed by atoms with Crippen molar-refractivity contribution in [1.29, 1.82) is 5.41 Å². The third-order valence-electron chi connectivity index (χ3n) is 7.26. The van der Waals surface area contributed by atoms with Gasteiger partial charge in [-0.05, 0) is 62.4 Å². The van der Waals surface area contributed by atoms with Gasteiger partial charge in [0.1, 0.15) is 0 Å². The van der Waals surface area contributed by atoms with Gasteiger partial charge in [-0.2, -0.15) is 13.2 Å². The molecule has 1 heterocycles. The topological polar surface area (TPSA) is 94.9 Å². The zero-order chi connectivity index (χ0) is 27.2. The zero-order valence-corrected chi connectivity index (χ0v) is 21.5. The van der Waals surface area contributed by atoms with Crippen LogP contribution < -0.4 is 10.6 Å². The summed E-state index contributed by atoms with van der Waals surface area (Å²) in [4.78, 5) is 30.5. The van der Waals surface area contributed by atoms with Crippen LogP contribution in [0.2, 0.25) is 0 Å². The lowest BCUT2D eigenvalue weighted by atomic mass is 9.78. The molecule has 1 aliphatic carbocycles. The van der Waals surface area contributed by atoms with Gasteiger partial charge in [-0.3, -0.25) is 14.6 Å². The van der Waals surface area contributed by atoms with Gasteiger partial charge in [0.2, 0.25) is 5.91 Å². The number of amides is 1. The highest BCUT2D eigenvalue weighted by Gasteiger charge is 2.37. The van der Waals surface area contributed by atoms with E-state index in [0.29, 0.717) is 12.0 Å². The molecule has 0 aliphatic heterocycles. The van der Waals surface area contributed by atoms with Gasteiger partial charge in [0.15, 0.2) is 5.78 Å². The van der Waals surface area contributed by atoms with Gasteiger partial charge in [0.25, 0.3) is 0 Å². The van der Waals surface area contributed by atoms with E-state index in [2.05, 4.69) is 15.6 Å². The number of aromatic nitrogens is 1. The van der Waals surface area contributed by atoms with Crippen molar-refractivity contribution >= 4 is 17.4 Å². The van der Waals surface area contributed by atoms with Crippen LogP contribution in [0.15, 0.2) is 42.7 Å². The predicted octanol–water partition coefficient (Wildman–Crippen LogP) is 5.52. The number of benzene rings is 1. The van der Waals surface area contributed by atoms with Crippen molar-refractivity contribution in [3.8, 4) is 11.1 Å². The number of likely N-dealkylation sites (N-methyl/N-ethyl adjacent to an activating group) is 1. The van der Waals surface area contributed by atoms with Crippen LogP contribution in [0.4, 0.5) is 13.2 Å². The maximum absolute atomic E-state index is 13.7. The molecule has 3 unspecified atom stereocenters. The van der Waals surface area contributed by atoms with E-state index in [0.717, 1.165) is 38.2 Å². The highest BCUT2D eigenvalue weighted by molar-refractivity contribution is 6.42. The molecule has 1 fully saturated rings. The fourth-order valence-electron chi connectivity index (χ4n) is 5.00. The van der Waals surface area contributed by atoms with Crippen molar-refractivity contribution in [2.45, 2.75) is 76.6 Å². The van der Waals surface area contributed by atoms with Gasteiger partial charge in [-0.1, -0.05) is 44.4 Å². The summed E-state index contributed by atoms with van der Waals surface area (Å²) in [5.74, 6) is -1.48. The van der Waals surface area contributed by atoms with E-state index in [1.165, 1.54) is 30.6 Å². The minimum Gasteiger partial charge on any atom is -0.344 e. The van der Waals surface area contributed by atoms with E-state index in [-0.39, 0.29) is 28.7 Å². The number of rotatable bonds is 10. The third kappa shape index (κ3) is 6.83. The molecule has 3 rings (SSSR count). The monoisotopic (exact) mass is 516 g/mol. The highest BCUT2D eigenvalue weighted by atomic mass is 19.4. The molecule has 0 bridgehead atoms. The number of alkyl halides is 3. The number of pyridine rings is 1. The van der Waals surface area contributed by atoms with Gasteiger partial charge in [-0.15, -0.1) is 0 Å². The van der Waals surface area contributed by atoms with Gasteiger partial charge in [0, 0.05) is 23.9 Å². The van der Waals surface area contributed by atoms with Crippen molar-refractivity contribution in [2.24, 2.45) is 5.92 Å². The van der Waals surface area contributed by atoms with Crippen molar-refractivity contribution in [1.82, 2.24) is 15.6 Å². The number of halogens is 3. The Labute approximate surface area is 216 Å². The second-order valence-corrected chi connectivity index (χ2v) is 9.68. The molecule has 0 saturated heterocycles. The molecule has 1 saturated carbocycles. The Morgan fingerprint density at radius 1 is 1.14 bits per heavy atom. The van der Waals surface area contributed by atoms with Crippen molar-refractivity contribution in [3.05, 3.63) is 53.9 Å². The van der Waals surface area contributed by atoms with Crippen molar-refractivity contribution in [2.75, 3.05) is 7.05 Å². The van der Waals surface area contributed by atoms with Crippen LogP contribution in [0.3, 0.4) is 0 Å². The summed E-state index contributed by atoms with van der Waals surface area (Å²) in [5.41, 5.74) is -0.187. The number of hydrogen-bond donors (Lipinski definition) is 3. The normalized spacial score (nSPS) is 17.0. The summed E-state index contributed by atoms with van der Waals surface area (Å²) < 4.78 is 40.8. The van der Waals surface area contributed by atoms with Crippen LogP contribution in [0, 0.1) is 11.3 Å². The first-order valence-electron chi connectivity index (χ1n) is 12.8. The first kappa shape index (κ1) is 28.5. The lowest BCUT2D eigenvalue weighted by Crippen LogP contribution is -2.53. The van der Waals surface area contributed by atoms with E-state index < -0.39 is 35.5 Å². The number of Topliss-reactive ketones (excluding diaryl/α,β-unsaturated/α-hetero) is 1. The summed E-state index contributed by atoms with van der Waals surface area (Å²) in [6.45, 7) is 3.52. The standard InChI is InChI=1S/C28H35F3N4O2/c1-4-21(19-14-20(16-34-15-19)22-12-8-9-13-23(22)28(29,30)31)24(32)26(36)25(18-10-6-5-7-11-18)35-27(37)17(2)33-3/h8-9,12-18,21,25,32-33H,4-7,10-11H2,1-3H3,(H,35,37). The first-order chi connectivity index (χ1) is 17.6. The van der Waals surface area contributed by atoms with Crippen LogP contribution >= 0.6 is 0 Å². The number of carbonyl (C=O) groups is 2. The lowest BCUT2D eigenvalue weighted by Gasteiger charge is -2.32. The van der Waals surface area contributed by atoms with Crippen LogP contribution in [0.25, 0.3) is 11.1 Å². The molecule has 1 aromatic carbocycles. The van der Waals surface area contributed by atoms with E-state index >= 15 is 0 Å². The van der Waals surface area contributed by atoms with E-state index in [1.54, 1.807) is 20.0 Å². The summed E-state index contributed by atoms with van der Waals surface area (Å²) in [6, 6.07) is 5.54. The van der Waals surface area contributed by atoms with E-state index in [4.69, 9.17) is 5.41 Å². The van der Waals surface area contributed by atoms with Crippen LogP contribution in [-0.4, -0.2) is 41.5 Å². The van der Waals surface area contributed by atoms with E-state index in [1.807, 2.05) is 6.92 Å². The van der Waals surface area contributed by atoms with Crippen LogP contribution in [0.1, 0.15) is 69.4 Å². The molecular formula is C28H35F3N4O2. The molecule has 0 spiro atoms. The molecule has 1 aliphatic rings. The zero-order valence-electron chi connectivity index (χ0n) is 21.5. The van der Waals surface area contributed by atoms with Gasteiger partial charge >= 0.3 is 6.18 Å². The third-order valence-corrected chi connectivity index (χ3v) is 7.26. The molecule has 3 N–H and O–H groups in total. The highest BCUT2D eigenvalue weighted by Crippen LogP contribution is 2.37. The number of nitrogens with zero attached hydrogens (tertiary/aromatic N) is 1. The number of nitrogens with one attached hydrogen (secondary N) is 3. The van der Waals surface area contributed by atoms with Crippen LogP contribution in [-0.2, 0) is 15.8 Å². The quantitative estimate of drug-likeness (QED) is 0.362. The molecule has 200 valence electrons. The first-order valence-corrected chi connectivity index (χ1v) is 12.8. The Morgan fingerprint density at radius 3 is 2.43 bits per heavy atom. The minimum absolute atomic E-state index is 0.00883. The van der Waals surface area contributed by atoms with Crippen LogP contribution in [0.5, 0.6) is 0 Å². The summed E-state index contributed by atoms with van der Waals surface area (Å²) in [6.07, 6.45) is 3.28. The SMILES string of the molecule is CCC(C(=N)C(=O)C(NC(=O)C(C)NC)C1CCCCC1)c1cncc(-c2ccccc2C(F)(F)F)c1. The van der Waals surface area contributed by atoms with Crippen molar-refractivity contribution < 1.29 is 22.8 Å². The molecule has 0 radical (unpaired) electrons. The number of ketones is 1. The van der Waals surface area contributed by atoms with Gasteiger partial charge < -0.3 is 16.0 Å². The smallest absolute Gasteiger partial charge is 0.344 e. The molecule has 6 nitrogen and oxygen atoms in total. The predicted molar refractivity (Wildman–Crippen MR) is 137 cm³/mol. The molecule has 2 aromatic rings. The van der Waals surface area contributed by atoms with Gasteiger partial charge in [0.05, 0.1) is 23.4 Å².